The lowest BCUT2D eigenvalue weighted by molar-refractivity contribution is 0.162. The molecular formula is C17H24N4O2S. The molecule has 2 aromatic rings. The van der Waals surface area contributed by atoms with Gasteiger partial charge in [-0.25, -0.2) is 9.78 Å². The zero-order chi connectivity index (χ0) is 16.9. The first-order chi connectivity index (χ1) is 11.6. The van der Waals surface area contributed by atoms with E-state index in [4.69, 9.17) is 4.42 Å². The van der Waals surface area contributed by atoms with Crippen LogP contribution in [0.3, 0.4) is 0 Å². The van der Waals surface area contributed by atoms with Gasteiger partial charge in [-0.15, -0.1) is 0 Å². The molecule has 0 aromatic carbocycles. The van der Waals surface area contributed by atoms with Crippen LogP contribution >= 0.6 is 11.3 Å². The van der Waals surface area contributed by atoms with Crippen LogP contribution in [-0.2, 0) is 6.54 Å². The minimum absolute atomic E-state index is 0.124. The van der Waals surface area contributed by atoms with Crippen molar-refractivity contribution >= 4 is 23.1 Å². The lowest BCUT2D eigenvalue weighted by Crippen LogP contribution is -2.39. The molecule has 2 N–H and O–H groups in total. The van der Waals surface area contributed by atoms with Gasteiger partial charge in [-0.3, -0.25) is 4.90 Å². The minimum atomic E-state index is -0.124. The molecule has 1 aliphatic heterocycles. The zero-order valence-corrected chi connectivity index (χ0v) is 15.0. The molecule has 1 aliphatic rings. The van der Waals surface area contributed by atoms with Gasteiger partial charge < -0.3 is 15.1 Å². The van der Waals surface area contributed by atoms with Crippen LogP contribution < -0.4 is 10.6 Å². The number of hydrogen-bond donors (Lipinski definition) is 2. The van der Waals surface area contributed by atoms with Crippen molar-refractivity contribution in [1.29, 1.82) is 0 Å². The summed E-state index contributed by atoms with van der Waals surface area (Å²) < 4.78 is 5.66. The second-order valence-corrected chi connectivity index (χ2v) is 7.10. The number of rotatable bonds is 5. The molecule has 0 saturated carbocycles. The van der Waals surface area contributed by atoms with Crippen molar-refractivity contribution in [3.05, 3.63) is 34.2 Å². The number of aromatic nitrogens is 1. The van der Waals surface area contributed by atoms with Crippen molar-refractivity contribution in [1.82, 2.24) is 15.2 Å². The number of thiophene rings is 1. The zero-order valence-electron chi connectivity index (χ0n) is 14.2. The van der Waals surface area contributed by atoms with Crippen LogP contribution in [0.5, 0.6) is 0 Å². The van der Waals surface area contributed by atoms with Gasteiger partial charge in [0.25, 0.3) is 0 Å². The molecule has 0 radical (unpaired) electrons. The summed E-state index contributed by atoms with van der Waals surface area (Å²) in [6.45, 7) is 7.44. The highest BCUT2D eigenvalue weighted by atomic mass is 32.1. The van der Waals surface area contributed by atoms with Crippen LogP contribution in [0, 0.1) is 19.8 Å². The molecule has 0 spiro atoms. The third-order valence-corrected chi connectivity index (χ3v) is 5.15. The maximum absolute atomic E-state index is 11.8. The van der Waals surface area contributed by atoms with E-state index in [2.05, 4.69) is 20.5 Å². The molecule has 1 saturated heterocycles. The number of nitrogens with one attached hydrogen (secondary N) is 2. The summed E-state index contributed by atoms with van der Waals surface area (Å²) in [5.74, 6) is 2.24. The Bertz CT molecular complexity index is 641. The molecule has 3 rings (SSSR count). The van der Waals surface area contributed by atoms with Crippen molar-refractivity contribution < 1.29 is 9.21 Å². The monoisotopic (exact) mass is 348 g/mol. The Morgan fingerprint density at radius 1 is 1.42 bits per heavy atom. The Morgan fingerprint density at radius 3 is 2.83 bits per heavy atom. The van der Waals surface area contributed by atoms with Crippen LogP contribution in [0.4, 0.5) is 10.5 Å². The number of carbonyl (C=O) groups is 1. The SMILES string of the molecule is Cc1nc(CN2CCC(CNC(=O)Nc3ccsc3)CC2)oc1C. The summed E-state index contributed by atoms with van der Waals surface area (Å²) in [5, 5.41) is 9.68. The number of carbonyl (C=O) groups excluding carboxylic acids is 1. The predicted octanol–water partition coefficient (Wildman–Crippen LogP) is 3.39. The van der Waals surface area contributed by atoms with Gasteiger partial charge >= 0.3 is 6.03 Å². The second kappa shape index (κ2) is 7.81. The molecule has 0 atom stereocenters. The van der Waals surface area contributed by atoms with Crippen molar-refractivity contribution in [2.45, 2.75) is 33.2 Å². The molecule has 0 aliphatic carbocycles. The van der Waals surface area contributed by atoms with E-state index >= 15 is 0 Å². The fraction of sp³-hybridized carbons (Fsp3) is 0.529. The fourth-order valence-corrected chi connectivity index (χ4v) is 3.48. The molecule has 0 unspecified atom stereocenters. The molecule has 2 amide bonds. The first-order valence-electron chi connectivity index (χ1n) is 8.32. The summed E-state index contributed by atoms with van der Waals surface area (Å²) in [4.78, 5) is 18.7. The van der Waals surface area contributed by atoms with Gasteiger partial charge in [-0.2, -0.15) is 11.3 Å². The van der Waals surface area contributed by atoms with E-state index in [0.29, 0.717) is 5.92 Å². The topological polar surface area (TPSA) is 70.4 Å². The van der Waals surface area contributed by atoms with Crippen LogP contribution in [0.1, 0.15) is 30.2 Å². The third-order valence-electron chi connectivity index (χ3n) is 4.47. The summed E-state index contributed by atoms with van der Waals surface area (Å²) in [5.41, 5.74) is 1.82. The van der Waals surface area contributed by atoms with E-state index in [-0.39, 0.29) is 6.03 Å². The number of aryl methyl sites for hydroxylation is 2. The van der Waals surface area contributed by atoms with E-state index in [1.807, 2.05) is 30.7 Å². The molecule has 24 heavy (non-hydrogen) atoms. The number of oxazole rings is 1. The number of amides is 2. The standard InChI is InChI=1S/C17H24N4O2S/c1-12-13(2)23-16(19-12)10-21-6-3-14(4-7-21)9-18-17(22)20-15-5-8-24-11-15/h5,8,11,14H,3-4,6-7,9-10H2,1-2H3,(H2,18,20,22). The van der Waals surface area contributed by atoms with E-state index in [1.165, 1.54) is 0 Å². The van der Waals surface area contributed by atoms with Crippen LogP contribution in [0.2, 0.25) is 0 Å². The highest BCUT2D eigenvalue weighted by Crippen LogP contribution is 2.19. The molecule has 7 heteroatoms. The smallest absolute Gasteiger partial charge is 0.319 e. The van der Waals surface area contributed by atoms with E-state index in [1.54, 1.807) is 11.3 Å². The van der Waals surface area contributed by atoms with Crippen LogP contribution in [-0.4, -0.2) is 35.5 Å². The van der Waals surface area contributed by atoms with Gasteiger partial charge in [0.1, 0.15) is 5.76 Å². The van der Waals surface area contributed by atoms with Crippen LogP contribution in [0.25, 0.3) is 0 Å². The summed E-state index contributed by atoms with van der Waals surface area (Å²) in [6, 6.07) is 1.77. The number of piperidine rings is 1. The first kappa shape index (κ1) is 17.0. The Labute approximate surface area is 146 Å². The Kier molecular flexibility index (Phi) is 5.52. The molecule has 6 nitrogen and oxygen atoms in total. The Balaban J connectivity index is 1.36. The average molecular weight is 348 g/mol. The fourth-order valence-electron chi connectivity index (χ4n) is 2.89. The highest BCUT2D eigenvalue weighted by Gasteiger charge is 2.21. The van der Waals surface area contributed by atoms with Gasteiger partial charge in [-0.05, 0) is 57.1 Å². The van der Waals surface area contributed by atoms with Gasteiger partial charge in [-0.1, -0.05) is 0 Å². The molecule has 0 bridgehead atoms. The molecule has 130 valence electrons. The maximum atomic E-state index is 11.8. The number of anilines is 1. The lowest BCUT2D eigenvalue weighted by Gasteiger charge is -2.31. The van der Waals surface area contributed by atoms with E-state index < -0.39 is 0 Å². The third kappa shape index (κ3) is 4.58. The summed E-state index contributed by atoms with van der Waals surface area (Å²) in [6.07, 6.45) is 2.16. The first-order valence-corrected chi connectivity index (χ1v) is 9.27. The molecule has 2 aromatic heterocycles. The van der Waals surface area contributed by atoms with Gasteiger partial charge in [0.2, 0.25) is 5.89 Å². The number of urea groups is 1. The summed E-state index contributed by atoms with van der Waals surface area (Å²) >= 11 is 1.57. The molecular weight excluding hydrogens is 324 g/mol. The number of likely N-dealkylation sites (tertiary alicyclic amines) is 1. The van der Waals surface area contributed by atoms with Crippen molar-refractivity contribution in [3.63, 3.8) is 0 Å². The Hall–Kier alpha value is -1.86. The maximum Gasteiger partial charge on any atom is 0.319 e. The largest absolute Gasteiger partial charge is 0.444 e. The van der Waals surface area contributed by atoms with Gasteiger partial charge in [0.05, 0.1) is 17.9 Å². The van der Waals surface area contributed by atoms with E-state index in [0.717, 1.165) is 62.1 Å². The van der Waals surface area contributed by atoms with Crippen LogP contribution in [0.15, 0.2) is 21.2 Å². The highest BCUT2D eigenvalue weighted by molar-refractivity contribution is 7.08. The average Bonchev–Trinajstić information content (AvgIpc) is 3.17. The molecule has 1 fully saturated rings. The number of hydrogen-bond acceptors (Lipinski definition) is 5. The number of nitrogens with zero attached hydrogens (tertiary/aromatic N) is 2. The Morgan fingerprint density at radius 2 is 2.21 bits per heavy atom. The van der Waals surface area contributed by atoms with Gasteiger partial charge in [0, 0.05) is 11.9 Å². The summed E-state index contributed by atoms with van der Waals surface area (Å²) in [7, 11) is 0. The molecule has 3 heterocycles. The predicted molar refractivity (Wildman–Crippen MR) is 95.3 cm³/mol. The van der Waals surface area contributed by atoms with E-state index in [9.17, 15) is 4.79 Å². The lowest BCUT2D eigenvalue weighted by atomic mass is 9.97. The van der Waals surface area contributed by atoms with Crippen molar-refractivity contribution in [3.8, 4) is 0 Å². The minimum Gasteiger partial charge on any atom is -0.444 e. The second-order valence-electron chi connectivity index (χ2n) is 6.32. The van der Waals surface area contributed by atoms with Crippen molar-refractivity contribution in [2.75, 3.05) is 25.0 Å². The quantitative estimate of drug-likeness (QED) is 0.869. The van der Waals surface area contributed by atoms with Crippen molar-refractivity contribution in [2.24, 2.45) is 5.92 Å². The van der Waals surface area contributed by atoms with Gasteiger partial charge in [0.15, 0.2) is 0 Å². The normalized spacial score (nSPS) is 16.2.